The predicted molar refractivity (Wildman–Crippen MR) is 131 cm³/mol. The van der Waals surface area contributed by atoms with Crippen LogP contribution in [0.3, 0.4) is 0 Å². The molecular formula is C28H36N2O2S. The van der Waals surface area contributed by atoms with Gasteiger partial charge in [-0.1, -0.05) is 42.1 Å². The number of likely N-dealkylation sites (tertiary alicyclic amines) is 1. The molecule has 1 heterocycles. The third-order valence-electron chi connectivity index (χ3n) is 10.4. The maximum absolute atomic E-state index is 14.1. The fourth-order valence-electron chi connectivity index (χ4n) is 8.96. The summed E-state index contributed by atoms with van der Waals surface area (Å²) < 4.78 is 0. The van der Waals surface area contributed by atoms with Crippen LogP contribution in [0, 0.1) is 23.2 Å². The van der Waals surface area contributed by atoms with Crippen molar-refractivity contribution in [3.8, 4) is 0 Å². The van der Waals surface area contributed by atoms with E-state index >= 15 is 0 Å². The van der Waals surface area contributed by atoms with Crippen molar-refractivity contribution in [2.45, 2.75) is 88.3 Å². The zero-order valence-electron chi connectivity index (χ0n) is 19.6. The Morgan fingerprint density at radius 2 is 1.79 bits per heavy atom. The van der Waals surface area contributed by atoms with Crippen LogP contribution in [0.5, 0.6) is 0 Å². The molecule has 2 amide bonds. The molecule has 0 N–H and O–H groups in total. The minimum atomic E-state index is -0.209. The summed E-state index contributed by atoms with van der Waals surface area (Å²) in [6.45, 7) is 0.764. The van der Waals surface area contributed by atoms with Crippen LogP contribution in [0.15, 0.2) is 30.3 Å². The van der Waals surface area contributed by atoms with E-state index in [1.807, 2.05) is 11.0 Å². The number of thioether (sulfide) groups is 1. The Kier molecular flexibility index (Phi) is 4.74. The summed E-state index contributed by atoms with van der Waals surface area (Å²) in [6.07, 6.45) is 12.8. The maximum atomic E-state index is 14.1. The molecule has 5 aliphatic carbocycles. The summed E-state index contributed by atoms with van der Waals surface area (Å²) in [5, 5.41) is 0.221. The SMILES string of the molecule is O=C(SCCCc1ccccc1)[C@@H]1CCCN1C(=O)N(C1CC1)C12CC3CC4CC(C1)C43C2. The van der Waals surface area contributed by atoms with Crippen molar-refractivity contribution in [3.63, 3.8) is 0 Å². The highest BCUT2D eigenvalue weighted by Gasteiger charge is 2.79. The Morgan fingerprint density at radius 1 is 1.03 bits per heavy atom. The molecule has 1 spiro atoms. The van der Waals surface area contributed by atoms with E-state index in [-0.39, 0.29) is 22.7 Å². The quantitative estimate of drug-likeness (QED) is 0.500. The first kappa shape index (κ1) is 20.8. The summed E-state index contributed by atoms with van der Waals surface area (Å²) in [7, 11) is 0. The van der Waals surface area contributed by atoms with Crippen molar-refractivity contribution in [2.24, 2.45) is 23.2 Å². The topological polar surface area (TPSA) is 40.6 Å². The second-order valence-electron chi connectivity index (χ2n) is 12.0. The third-order valence-corrected chi connectivity index (χ3v) is 11.5. The van der Waals surface area contributed by atoms with Gasteiger partial charge in [-0.05, 0) is 99.4 Å². The fraction of sp³-hybridized carbons (Fsp3) is 0.714. The summed E-state index contributed by atoms with van der Waals surface area (Å²) in [6, 6.07) is 11.0. The summed E-state index contributed by atoms with van der Waals surface area (Å²) in [4.78, 5) is 31.6. The zero-order chi connectivity index (χ0) is 22.2. The molecule has 6 aliphatic rings. The van der Waals surface area contributed by atoms with Gasteiger partial charge < -0.3 is 9.80 Å². The number of aryl methyl sites for hydroxylation is 1. The Labute approximate surface area is 201 Å². The molecule has 1 aromatic rings. The lowest BCUT2D eigenvalue weighted by molar-refractivity contribution is -0.177. The van der Waals surface area contributed by atoms with Crippen LogP contribution in [0.1, 0.15) is 69.8 Å². The van der Waals surface area contributed by atoms with Crippen LogP contribution in [0.25, 0.3) is 0 Å². The average Bonchev–Trinajstić information content (AvgIpc) is 3.30. The first-order valence-corrected chi connectivity index (χ1v) is 14.4. The fourth-order valence-corrected chi connectivity index (χ4v) is 9.89. The van der Waals surface area contributed by atoms with Crippen LogP contribution < -0.4 is 0 Å². The van der Waals surface area contributed by atoms with Gasteiger partial charge in [-0.25, -0.2) is 4.79 Å². The van der Waals surface area contributed by atoms with Crippen molar-refractivity contribution in [3.05, 3.63) is 35.9 Å². The Balaban J connectivity index is 1.02. The average molecular weight is 465 g/mol. The van der Waals surface area contributed by atoms with Gasteiger partial charge in [-0.2, -0.15) is 0 Å². The lowest BCUT2D eigenvalue weighted by atomic mass is 9.38. The van der Waals surface area contributed by atoms with Crippen LogP contribution in [0.4, 0.5) is 4.79 Å². The molecule has 2 unspecified atom stereocenters. The number of carbonyl (C=O) groups excluding carboxylic acids is 2. The Bertz CT molecular complexity index is 944. The molecule has 1 aromatic carbocycles. The van der Waals surface area contributed by atoms with Crippen molar-refractivity contribution < 1.29 is 9.59 Å². The van der Waals surface area contributed by atoms with E-state index in [1.165, 1.54) is 62.3 Å². The third kappa shape index (κ3) is 3.03. The van der Waals surface area contributed by atoms with Gasteiger partial charge >= 0.3 is 6.03 Å². The van der Waals surface area contributed by atoms with Crippen LogP contribution in [-0.4, -0.2) is 50.9 Å². The largest absolute Gasteiger partial charge is 0.321 e. The standard InChI is InChI=1S/C28H36N2O2S/c31-25(33-13-5-8-19-6-2-1-3-7-19)24-9-4-12-29(24)26(32)30(23-10-11-23)27-16-21-14-20-15-22(17-27)28(20,21)18-27/h1-3,6-7,20-24H,4-5,8-18H2/t20?,21?,22?,24-,27?,28?/m0/s1. The van der Waals surface area contributed by atoms with Gasteiger partial charge in [0.25, 0.3) is 0 Å². The molecule has 176 valence electrons. The van der Waals surface area contributed by atoms with Crippen LogP contribution in [0.2, 0.25) is 0 Å². The second-order valence-corrected chi connectivity index (χ2v) is 13.1. The first-order chi connectivity index (χ1) is 16.1. The highest BCUT2D eigenvalue weighted by atomic mass is 32.2. The highest BCUT2D eigenvalue weighted by Crippen LogP contribution is 2.83. The first-order valence-electron chi connectivity index (χ1n) is 13.4. The van der Waals surface area contributed by atoms with E-state index in [4.69, 9.17) is 0 Å². The summed E-state index contributed by atoms with van der Waals surface area (Å²) in [5.74, 6) is 3.59. The van der Waals surface area contributed by atoms with Crippen LogP contribution in [-0.2, 0) is 11.2 Å². The van der Waals surface area contributed by atoms with Gasteiger partial charge in [0.15, 0.2) is 0 Å². The van der Waals surface area contributed by atoms with Gasteiger partial charge in [0.1, 0.15) is 6.04 Å². The molecular weight excluding hydrogens is 428 g/mol. The van der Waals surface area contributed by atoms with E-state index in [9.17, 15) is 9.59 Å². The zero-order valence-corrected chi connectivity index (χ0v) is 20.4. The smallest absolute Gasteiger partial charge is 0.316 e. The number of urea groups is 1. The maximum Gasteiger partial charge on any atom is 0.321 e. The van der Waals surface area contributed by atoms with Gasteiger partial charge in [0.2, 0.25) is 5.12 Å². The number of rotatable bonds is 7. The molecule has 1 aliphatic heterocycles. The highest BCUT2D eigenvalue weighted by molar-refractivity contribution is 8.13. The van der Waals surface area contributed by atoms with Crippen molar-refractivity contribution in [1.82, 2.24) is 9.80 Å². The lowest BCUT2D eigenvalue weighted by Crippen LogP contribution is -2.61. The van der Waals surface area contributed by atoms with E-state index in [0.29, 0.717) is 11.5 Å². The number of benzene rings is 1. The molecule has 3 atom stereocenters. The summed E-state index contributed by atoms with van der Waals surface area (Å²) in [5.41, 5.74) is 2.08. The molecule has 5 saturated carbocycles. The number of hydrogen-bond donors (Lipinski definition) is 0. The van der Waals surface area contributed by atoms with Crippen molar-refractivity contribution in [1.29, 1.82) is 0 Å². The Morgan fingerprint density at radius 3 is 2.45 bits per heavy atom. The van der Waals surface area contributed by atoms with Gasteiger partial charge in [-0.3, -0.25) is 4.79 Å². The molecule has 0 radical (unpaired) electrons. The number of amides is 2. The molecule has 6 fully saturated rings. The predicted octanol–water partition coefficient (Wildman–Crippen LogP) is 5.51. The number of carbonyl (C=O) groups is 2. The molecule has 5 heteroatoms. The van der Waals surface area contributed by atoms with Gasteiger partial charge in [-0.15, -0.1) is 0 Å². The second kappa shape index (κ2) is 7.50. The minimum Gasteiger partial charge on any atom is -0.316 e. The Hall–Kier alpha value is -1.49. The van der Waals surface area contributed by atoms with Crippen LogP contribution >= 0.6 is 11.8 Å². The van der Waals surface area contributed by atoms with E-state index < -0.39 is 0 Å². The normalized spacial score (nSPS) is 39.7. The molecule has 1 saturated heterocycles. The molecule has 2 bridgehead atoms. The monoisotopic (exact) mass is 464 g/mol. The number of fused-ring (bicyclic) bond motifs is 1. The van der Waals surface area contributed by atoms with Crippen molar-refractivity contribution >= 4 is 22.9 Å². The molecule has 33 heavy (non-hydrogen) atoms. The minimum absolute atomic E-state index is 0.123. The number of nitrogens with zero attached hydrogens (tertiary/aromatic N) is 2. The van der Waals surface area contributed by atoms with E-state index in [0.717, 1.165) is 55.7 Å². The molecule has 0 aromatic heterocycles. The van der Waals surface area contributed by atoms with Gasteiger partial charge in [0.05, 0.1) is 0 Å². The van der Waals surface area contributed by atoms with Gasteiger partial charge in [0, 0.05) is 23.9 Å². The molecule has 7 rings (SSSR count). The van der Waals surface area contributed by atoms with Crippen molar-refractivity contribution in [2.75, 3.05) is 12.3 Å². The van der Waals surface area contributed by atoms with E-state index in [1.54, 1.807) is 0 Å². The summed E-state index contributed by atoms with van der Waals surface area (Å²) >= 11 is 1.46. The number of hydrogen-bond acceptors (Lipinski definition) is 3. The van der Waals surface area contributed by atoms with E-state index in [2.05, 4.69) is 29.2 Å². The lowest BCUT2D eigenvalue weighted by Gasteiger charge is -2.66. The molecule has 4 nitrogen and oxygen atoms in total.